The van der Waals surface area contributed by atoms with E-state index in [4.69, 9.17) is 5.11 Å². The van der Waals surface area contributed by atoms with E-state index in [1.165, 1.54) is 6.07 Å². The summed E-state index contributed by atoms with van der Waals surface area (Å²) in [4.78, 5) is 13.6. The van der Waals surface area contributed by atoms with E-state index in [2.05, 4.69) is 20.9 Å². The van der Waals surface area contributed by atoms with Crippen LogP contribution in [0.2, 0.25) is 0 Å². The predicted molar refractivity (Wildman–Crippen MR) is 70.0 cm³/mol. The largest absolute Gasteiger partial charge is 0.477 e. The van der Waals surface area contributed by atoms with Crippen LogP contribution in [-0.4, -0.2) is 37.7 Å². The molecule has 0 aliphatic rings. The Morgan fingerprint density at radius 2 is 2.06 bits per heavy atom. The van der Waals surface area contributed by atoms with Gasteiger partial charge < -0.3 is 20.3 Å². The average molecular weight is 314 g/mol. The molecular weight excluding hydrogens is 302 g/mol. The number of aliphatic hydroxyl groups is 2. The van der Waals surface area contributed by atoms with Crippen molar-refractivity contribution in [2.45, 2.75) is 12.2 Å². The van der Waals surface area contributed by atoms with Crippen LogP contribution in [0, 0.1) is 0 Å². The predicted octanol–water partition coefficient (Wildman–Crippen LogP) is 1.66. The fourth-order valence-electron chi connectivity index (χ4n) is 1.76. The summed E-state index contributed by atoms with van der Waals surface area (Å²) in [6, 6.07) is 6.49. The molecule has 0 aliphatic heterocycles. The average Bonchev–Trinajstić information content (AvgIpc) is 2.79. The molecule has 1 heterocycles. The lowest BCUT2D eigenvalue weighted by molar-refractivity contribution is 0.0343. The van der Waals surface area contributed by atoms with Crippen LogP contribution in [0.15, 0.2) is 24.3 Å². The molecule has 2 aromatic rings. The monoisotopic (exact) mass is 313 g/mol. The Morgan fingerprint density at radius 1 is 1.33 bits per heavy atom. The van der Waals surface area contributed by atoms with Gasteiger partial charge in [0.2, 0.25) is 0 Å². The van der Waals surface area contributed by atoms with Gasteiger partial charge in [-0.2, -0.15) is 0 Å². The number of carbonyl (C=O) groups is 1. The molecule has 0 radical (unpaired) electrons. The van der Waals surface area contributed by atoms with Crippen molar-refractivity contribution in [1.29, 1.82) is 0 Å². The van der Waals surface area contributed by atoms with Gasteiger partial charge in [-0.1, -0.05) is 22.0 Å². The van der Waals surface area contributed by atoms with Crippen LogP contribution < -0.4 is 0 Å². The summed E-state index contributed by atoms with van der Waals surface area (Å²) in [5.74, 6) is -1.03. The molecule has 0 fully saturated rings. The molecule has 0 amide bonds. The molecular formula is C12H12BrNO4. The summed E-state index contributed by atoms with van der Waals surface area (Å²) in [6.45, 7) is 0. The second kappa shape index (κ2) is 5.09. The molecule has 2 unspecified atom stereocenters. The summed E-state index contributed by atoms with van der Waals surface area (Å²) >= 11 is 3.09. The highest BCUT2D eigenvalue weighted by atomic mass is 79.9. The fourth-order valence-corrected chi connectivity index (χ4v) is 2.11. The van der Waals surface area contributed by atoms with E-state index in [0.29, 0.717) is 16.5 Å². The number of rotatable bonds is 4. The summed E-state index contributed by atoms with van der Waals surface area (Å²) in [7, 11) is 0. The second-order valence-electron chi connectivity index (χ2n) is 4.00. The Hall–Kier alpha value is -1.37. The van der Waals surface area contributed by atoms with Gasteiger partial charge >= 0.3 is 5.97 Å². The molecule has 0 bridgehead atoms. The maximum atomic E-state index is 10.8. The number of hydrogen-bond acceptors (Lipinski definition) is 3. The van der Waals surface area contributed by atoms with Crippen molar-refractivity contribution in [2.75, 3.05) is 5.33 Å². The minimum absolute atomic E-state index is 0.0951. The third-order valence-electron chi connectivity index (χ3n) is 2.74. The smallest absolute Gasteiger partial charge is 0.352 e. The van der Waals surface area contributed by atoms with Gasteiger partial charge in [0, 0.05) is 16.2 Å². The molecule has 96 valence electrons. The van der Waals surface area contributed by atoms with Crippen molar-refractivity contribution >= 4 is 32.8 Å². The van der Waals surface area contributed by atoms with Crippen molar-refractivity contribution < 1.29 is 20.1 Å². The van der Waals surface area contributed by atoms with Crippen LogP contribution in [0.4, 0.5) is 0 Å². The number of hydrogen-bond donors (Lipinski definition) is 4. The van der Waals surface area contributed by atoms with Crippen LogP contribution in [0.3, 0.4) is 0 Å². The van der Waals surface area contributed by atoms with Crippen LogP contribution >= 0.6 is 15.9 Å². The Kier molecular flexibility index (Phi) is 3.70. The number of alkyl halides is 1. The van der Waals surface area contributed by atoms with Gasteiger partial charge in [-0.3, -0.25) is 0 Å². The zero-order valence-electron chi connectivity index (χ0n) is 9.30. The summed E-state index contributed by atoms with van der Waals surface area (Å²) in [6.07, 6.45) is -1.91. The van der Waals surface area contributed by atoms with E-state index in [-0.39, 0.29) is 11.0 Å². The van der Waals surface area contributed by atoms with Crippen molar-refractivity contribution in [3.63, 3.8) is 0 Å². The number of halogens is 1. The Morgan fingerprint density at radius 3 is 2.67 bits per heavy atom. The lowest BCUT2D eigenvalue weighted by Crippen LogP contribution is -2.19. The first-order valence-corrected chi connectivity index (χ1v) is 6.43. The number of aromatic amines is 1. The van der Waals surface area contributed by atoms with Crippen molar-refractivity contribution in [1.82, 2.24) is 4.98 Å². The standard InChI is InChI=1S/C12H12BrNO4/c13-5-10(15)11(16)6-1-2-8-7(3-6)4-9(14-8)12(17)18/h1-4,10-11,14-16H,5H2,(H,17,18). The molecule has 0 saturated carbocycles. The fraction of sp³-hybridized carbons (Fsp3) is 0.250. The number of fused-ring (bicyclic) bond motifs is 1. The Balaban J connectivity index is 2.40. The summed E-state index contributed by atoms with van der Waals surface area (Å²) < 4.78 is 0. The topological polar surface area (TPSA) is 93.6 Å². The molecule has 1 aromatic carbocycles. The molecule has 1 aromatic heterocycles. The lowest BCUT2D eigenvalue weighted by atomic mass is 10.0. The molecule has 0 saturated heterocycles. The first kappa shape index (κ1) is 13.1. The molecule has 2 rings (SSSR count). The van der Waals surface area contributed by atoms with E-state index in [0.717, 1.165) is 0 Å². The third kappa shape index (κ3) is 2.40. The molecule has 4 N–H and O–H groups in total. The molecule has 2 atom stereocenters. The highest BCUT2D eigenvalue weighted by Crippen LogP contribution is 2.23. The third-order valence-corrected chi connectivity index (χ3v) is 3.40. The summed E-state index contributed by atoms with van der Waals surface area (Å²) in [5, 5.41) is 29.2. The van der Waals surface area contributed by atoms with Gasteiger partial charge in [-0.15, -0.1) is 0 Å². The highest BCUT2D eigenvalue weighted by molar-refractivity contribution is 9.09. The molecule has 0 aliphatic carbocycles. The van der Waals surface area contributed by atoms with Gasteiger partial charge in [0.1, 0.15) is 11.8 Å². The molecule has 6 heteroatoms. The Labute approximate surface area is 111 Å². The SMILES string of the molecule is O=C(O)c1cc2cc(C(O)C(O)CBr)ccc2[nH]1. The number of carboxylic acid groups (broad SMARTS) is 1. The van der Waals surface area contributed by atoms with Gasteiger partial charge in [0.05, 0.1) is 6.10 Å². The van der Waals surface area contributed by atoms with Crippen molar-refractivity contribution in [2.24, 2.45) is 0 Å². The van der Waals surface area contributed by atoms with Crippen LogP contribution in [0.1, 0.15) is 22.2 Å². The lowest BCUT2D eigenvalue weighted by Gasteiger charge is -2.15. The van der Waals surface area contributed by atoms with Crippen molar-refractivity contribution in [3.05, 3.63) is 35.5 Å². The van der Waals surface area contributed by atoms with Gasteiger partial charge in [-0.05, 0) is 23.8 Å². The van der Waals surface area contributed by atoms with Crippen LogP contribution in [0.5, 0.6) is 0 Å². The highest BCUT2D eigenvalue weighted by Gasteiger charge is 2.18. The van der Waals surface area contributed by atoms with Crippen molar-refractivity contribution in [3.8, 4) is 0 Å². The molecule has 0 spiro atoms. The summed E-state index contributed by atoms with van der Waals surface area (Å²) in [5.41, 5.74) is 1.32. The van der Waals surface area contributed by atoms with E-state index in [9.17, 15) is 15.0 Å². The number of aromatic nitrogens is 1. The van der Waals surface area contributed by atoms with Crippen LogP contribution in [-0.2, 0) is 0 Å². The maximum Gasteiger partial charge on any atom is 0.352 e. The zero-order chi connectivity index (χ0) is 13.3. The number of benzene rings is 1. The number of aromatic carboxylic acids is 1. The zero-order valence-corrected chi connectivity index (χ0v) is 10.9. The second-order valence-corrected chi connectivity index (χ2v) is 4.65. The van der Waals surface area contributed by atoms with Gasteiger partial charge in [0.25, 0.3) is 0 Å². The minimum atomic E-state index is -1.03. The molecule has 18 heavy (non-hydrogen) atoms. The maximum absolute atomic E-state index is 10.8. The quantitative estimate of drug-likeness (QED) is 0.646. The number of H-pyrrole nitrogens is 1. The van der Waals surface area contributed by atoms with Crippen LogP contribution in [0.25, 0.3) is 10.9 Å². The van der Waals surface area contributed by atoms with E-state index in [1.54, 1.807) is 18.2 Å². The van der Waals surface area contributed by atoms with E-state index >= 15 is 0 Å². The molecule has 5 nitrogen and oxygen atoms in total. The van der Waals surface area contributed by atoms with Gasteiger partial charge in [0.15, 0.2) is 0 Å². The minimum Gasteiger partial charge on any atom is -0.477 e. The normalized spacial score (nSPS) is 14.6. The van der Waals surface area contributed by atoms with E-state index < -0.39 is 18.2 Å². The first-order chi connectivity index (χ1) is 8.52. The number of carboxylic acids is 1. The Bertz CT molecular complexity index is 580. The van der Waals surface area contributed by atoms with E-state index in [1.807, 2.05) is 0 Å². The van der Waals surface area contributed by atoms with Gasteiger partial charge in [-0.25, -0.2) is 4.79 Å². The number of nitrogens with one attached hydrogen (secondary N) is 1. The first-order valence-electron chi connectivity index (χ1n) is 5.31. The number of aliphatic hydroxyl groups excluding tert-OH is 2.